The topological polar surface area (TPSA) is 96.6 Å². The number of benzene rings is 1. The monoisotopic (exact) mass is 418 g/mol. The first kappa shape index (κ1) is 22.0. The van der Waals surface area contributed by atoms with Crippen LogP contribution in [-0.4, -0.2) is 45.6 Å². The number of hydrogen-bond donors (Lipinski definition) is 3. The molecule has 1 unspecified atom stereocenters. The molecule has 2 fully saturated rings. The van der Waals surface area contributed by atoms with E-state index in [-0.39, 0.29) is 17.2 Å². The van der Waals surface area contributed by atoms with Gasteiger partial charge in [0.05, 0.1) is 24.1 Å². The minimum atomic E-state index is -3.21. The highest BCUT2D eigenvalue weighted by Crippen LogP contribution is 2.48. The van der Waals surface area contributed by atoms with Gasteiger partial charge in [-0.25, -0.2) is 13.1 Å². The summed E-state index contributed by atoms with van der Waals surface area (Å²) >= 11 is 0. The molecule has 1 saturated heterocycles. The summed E-state index contributed by atoms with van der Waals surface area (Å²) < 4.78 is 26.4. The maximum Gasteiger partial charge on any atom is 0.211 e. The van der Waals surface area contributed by atoms with Crippen molar-refractivity contribution in [3.8, 4) is 0 Å². The van der Waals surface area contributed by atoms with Crippen LogP contribution in [0.1, 0.15) is 50.2 Å². The molecule has 0 bridgehead atoms. The molecule has 1 aliphatic carbocycles. The van der Waals surface area contributed by atoms with Crippen molar-refractivity contribution in [2.24, 2.45) is 10.7 Å². The van der Waals surface area contributed by atoms with Crippen LogP contribution in [0.25, 0.3) is 0 Å². The van der Waals surface area contributed by atoms with Crippen LogP contribution in [0, 0.1) is 6.92 Å². The predicted octanol–water partition coefficient (Wildman–Crippen LogP) is 2.39. The summed E-state index contributed by atoms with van der Waals surface area (Å²) in [5.74, 6) is 0.151. The van der Waals surface area contributed by atoms with Gasteiger partial charge in [0.25, 0.3) is 0 Å². The molecular weight excluding hydrogens is 384 g/mol. The van der Waals surface area contributed by atoms with E-state index in [1.165, 1.54) is 17.5 Å². The molecule has 1 saturated carbocycles. The van der Waals surface area contributed by atoms with Crippen LogP contribution in [0.15, 0.2) is 41.0 Å². The molecule has 4 N–H and O–H groups in total. The molecule has 0 radical (unpaired) electrons. The number of sulfonamides is 1. The summed E-state index contributed by atoms with van der Waals surface area (Å²) in [6, 6.07) is 8.95. The van der Waals surface area contributed by atoms with Gasteiger partial charge in [-0.15, -0.1) is 0 Å². The molecule has 7 heteroatoms. The second kappa shape index (κ2) is 9.41. The zero-order chi connectivity index (χ0) is 20.9. The third kappa shape index (κ3) is 4.90. The molecule has 1 heterocycles. The van der Waals surface area contributed by atoms with Crippen molar-refractivity contribution in [1.29, 1.82) is 0 Å². The highest BCUT2D eigenvalue weighted by Gasteiger charge is 2.48. The van der Waals surface area contributed by atoms with E-state index in [4.69, 9.17) is 10.7 Å². The lowest BCUT2D eigenvalue weighted by Gasteiger charge is -2.50. The molecule has 1 aromatic carbocycles. The predicted molar refractivity (Wildman–Crippen MR) is 120 cm³/mol. The second-order valence-corrected chi connectivity index (χ2v) is 10.1. The van der Waals surface area contributed by atoms with Crippen LogP contribution in [-0.2, 0) is 15.4 Å². The molecular formula is C22H34N4O2S. The van der Waals surface area contributed by atoms with Crippen LogP contribution in [0.2, 0.25) is 0 Å². The Labute approximate surface area is 175 Å². The highest BCUT2D eigenvalue weighted by atomic mass is 32.2. The van der Waals surface area contributed by atoms with E-state index in [1.807, 2.05) is 6.92 Å². The van der Waals surface area contributed by atoms with Crippen LogP contribution in [0.5, 0.6) is 0 Å². The van der Waals surface area contributed by atoms with Gasteiger partial charge in [0.1, 0.15) is 0 Å². The smallest absolute Gasteiger partial charge is 0.211 e. The van der Waals surface area contributed by atoms with Gasteiger partial charge in [-0.2, -0.15) is 0 Å². The Balaban J connectivity index is 1.82. The Morgan fingerprint density at radius 3 is 2.62 bits per heavy atom. The zero-order valence-electron chi connectivity index (χ0n) is 17.6. The summed E-state index contributed by atoms with van der Waals surface area (Å²) in [5, 5.41) is 3.70. The molecule has 0 spiro atoms. The highest BCUT2D eigenvalue weighted by molar-refractivity contribution is 7.89. The first-order valence-corrected chi connectivity index (χ1v) is 12.3. The number of aryl methyl sites for hydroxylation is 1. The maximum absolute atomic E-state index is 11.9. The first-order chi connectivity index (χ1) is 13.9. The second-order valence-electron chi connectivity index (χ2n) is 8.18. The lowest BCUT2D eigenvalue weighted by atomic mass is 9.58. The zero-order valence-corrected chi connectivity index (χ0v) is 18.4. The van der Waals surface area contributed by atoms with Crippen LogP contribution in [0.3, 0.4) is 0 Å². The fourth-order valence-corrected chi connectivity index (χ4v) is 5.57. The van der Waals surface area contributed by atoms with E-state index in [1.54, 1.807) is 6.20 Å². The van der Waals surface area contributed by atoms with E-state index in [0.29, 0.717) is 19.5 Å². The molecule has 6 nitrogen and oxygen atoms in total. The third-order valence-corrected chi connectivity index (χ3v) is 7.75. The van der Waals surface area contributed by atoms with Crippen molar-refractivity contribution < 1.29 is 8.42 Å². The summed E-state index contributed by atoms with van der Waals surface area (Å²) in [6.07, 6.45) is 6.57. The average molecular weight is 419 g/mol. The SMILES string of the molecule is CCCS(=O)(=O)NCCN=C1C(=CN)CCNC1C1(c2ccc(C)cc2)CCC1. The van der Waals surface area contributed by atoms with Crippen LogP contribution in [0.4, 0.5) is 0 Å². The Kier molecular flexibility index (Phi) is 7.14. The summed E-state index contributed by atoms with van der Waals surface area (Å²) in [6.45, 7) is 5.58. The lowest BCUT2D eigenvalue weighted by Crippen LogP contribution is -2.59. The number of rotatable bonds is 8. The summed E-state index contributed by atoms with van der Waals surface area (Å²) in [4.78, 5) is 4.85. The number of nitrogens with one attached hydrogen (secondary N) is 2. The van der Waals surface area contributed by atoms with Crippen molar-refractivity contribution in [2.75, 3.05) is 25.4 Å². The fraction of sp³-hybridized carbons (Fsp3) is 0.591. The van der Waals surface area contributed by atoms with Gasteiger partial charge in [-0.05, 0) is 56.5 Å². The van der Waals surface area contributed by atoms with E-state index >= 15 is 0 Å². The molecule has 2 aliphatic rings. The van der Waals surface area contributed by atoms with E-state index < -0.39 is 10.0 Å². The minimum Gasteiger partial charge on any atom is -0.404 e. The lowest BCUT2D eigenvalue weighted by molar-refractivity contribution is 0.202. The largest absolute Gasteiger partial charge is 0.404 e. The number of hydrogen-bond acceptors (Lipinski definition) is 5. The molecule has 160 valence electrons. The fourth-order valence-electron chi connectivity index (χ4n) is 4.49. The Hall–Kier alpha value is -1.70. The minimum absolute atomic E-state index is 0.0307. The third-order valence-electron chi connectivity index (χ3n) is 6.16. The van der Waals surface area contributed by atoms with Gasteiger partial charge >= 0.3 is 0 Å². The number of nitrogens with two attached hydrogens (primary N) is 1. The van der Waals surface area contributed by atoms with Crippen molar-refractivity contribution >= 4 is 15.7 Å². The van der Waals surface area contributed by atoms with Crippen molar-refractivity contribution in [3.05, 3.63) is 47.2 Å². The molecule has 1 atom stereocenters. The Morgan fingerprint density at radius 1 is 1.31 bits per heavy atom. The van der Waals surface area contributed by atoms with Crippen LogP contribution < -0.4 is 15.8 Å². The molecule has 0 aromatic heterocycles. The summed E-state index contributed by atoms with van der Waals surface area (Å²) in [7, 11) is -3.21. The van der Waals surface area contributed by atoms with Crippen molar-refractivity contribution in [2.45, 2.75) is 57.4 Å². The Bertz CT molecular complexity index is 855. The number of aliphatic imine (C=N–C) groups is 1. The van der Waals surface area contributed by atoms with Crippen molar-refractivity contribution in [3.63, 3.8) is 0 Å². The molecule has 0 amide bonds. The summed E-state index contributed by atoms with van der Waals surface area (Å²) in [5.41, 5.74) is 10.7. The van der Waals surface area contributed by atoms with Gasteiger partial charge in [-0.3, -0.25) is 4.99 Å². The number of piperidine rings is 1. The quantitative estimate of drug-likeness (QED) is 0.565. The van der Waals surface area contributed by atoms with Gasteiger partial charge in [-0.1, -0.05) is 43.2 Å². The van der Waals surface area contributed by atoms with Gasteiger partial charge in [0, 0.05) is 12.0 Å². The van der Waals surface area contributed by atoms with E-state index in [0.717, 1.165) is 37.1 Å². The molecule has 29 heavy (non-hydrogen) atoms. The standard InChI is InChI=1S/C22H34N4O2S/c1-3-15-29(27,28)26-14-13-24-20-18(16-23)9-12-25-21(20)22(10-4-11-22)19-7-5-17(2)6-8-19/h5-8,16,21,25-26H,3-4,9-15,23H2,1-2H3. The van der Waals surface area contributed by atoms with E-state index in [9.17, 15) is 8.42 Å². The molecule has 1 aliphatic heterocycles. The van der Waals surface area contributed by atoms with Crippen molar-refractivity contribution in [1.82, 2.24) is 10.0 Å². The van der Waals surface area contributed by atoms with Gasteiger partial charge < -0.3 is 11.1 Å². The maximum atomic E-state index is 11.9. The van der Waals surface area contributed by atoms with Crippen LogP contribution >= 0.6 is 0 Å². The molecule has 3 rings (SSSR count). The number of nitrogens with zero attached hydrogens (tertiary/aromatic N) is 1. The first-order valence-electron chi connectivity index (χ1n) is 10.7. The normalized spacial score (nSPS) is 24.6. The average Bonchev–Trinajstić information content (AvgIpc) is 2.66. The molecule has 1 aromatic rings. The van der Waals surface area contributed by atoms with Gasteiger partial charge in [0.15, 0.2) is 0 Å². The Morgan fingerprint density at radius 2 is 2.03 bits per heavy atom. The van der Waals surface area contributed by atoms with E-state index in [2.05, 4.69) is 41.2 Å². The van der Waals surface area contributed by atoms with Gasteiger partial charge in [0.2, 0.25) is 10.0 Å².